The highest BCUT2D eigenvalue weighted by molar-refractivity contribution is 5.66. The van der Waals surface area contributed by atoms with Gasteiger partial charge in [0.25, 0.3) is 5.56 Å². The van der Waals surface area contributed by atoms with Gasteiger partial charge in [-0.2, -0.15) is 0 Å². The highest BCUT2D eigenvalue weighted by Crippen LogP contribution is 2.39. The second kappa shape index (κ2) is 4.24. The number of rotatable bonds is 2. The third-order valence-electron chi connectivity index (χ3n) is 3.37. The van der Waals surface area contributed by atoms with Crippen LogP contribution in [0.1, 0.15) is 37.6 Å². The van der Waals surface area contributed by atoms with Crippen molar-refractivity contribution in [1.82, 2.24) is 4.57 Å². The molecule has 2 rings (SSSR count). The normalized spacial score (nSPS) is 21.4. The van der Waals surface area contributed by atoms with Crippen LogP contribution in [0.3, 0.4) is 0 Å². The molecule has 0 aliphatic heterocycles. The lowest BCUT2D eigenvalue weighted by atomic mass is 9.75. The van der Waals surface area contributed by atoms with Crippen LogP contribution in [0, 0.1) is 5.41 Å². The Hall–Kier alpha value is -1.62. The van der Waals surface area contributed by atoms with Crippen molar-refractivity contribution in [2.24, 2.45) is 5.41 Å². The number of pyridine rings is 1. The molecule has 0 bridgehead atoms. The summed E-state index contributed by atoms with van der Waals surface area (Å²) in [6.45, 7) is 3.65. The van der Waals surface area contributed by atoms with Crippen molar-refractivity contribution in [3.8, 4) is 0 Å². The van der Waals surface area contributed by atoms with Gasteiger partial charge >= 0.3 is 5.97 Å². The molecule has 0 spiro atoms. The molecule has 1 aromatic heterocycles. The molecule has 5 heteroatoms. The van der Waals surface area contributed by atoms with E-state index in [2.05, 4.69) is 0 Å². The SMILES string of the molecule is CC1(C)Cc2c(ccc(=O)n2CC(=O)O)C(O)C1. The van der Waals surface area contributed by atoms with E-state index >= 15 is 0 Å². The number of aliphatic hydroxyl groups excluding tert-OH is 1. The maximum absolute atomic E-state index is 11.8. The number of aliphatic hydroxyl groups is 1. The lowest BCUT2D eigenvalue weighted by molar-refractivity contribution is -0.137. The van der Waals surface area contributed by atoms with Gasteiger partial charge in [-0.1, -0.05) is 13.8 Å². The summed E-state index contributed by atoms with van der Waals surface area (Å²) >= 11 is 0. The van der Waals surface area contributed by atoms with Crippen LogP contribution >= 0.6 is 0 Å². The van der Waals surface area contributed by atoms with E-state index in [0.717, 1.165) is 0 Å². The van der Waals surface area contributed by atoms with Gasteiger partial charge in [0.05, 0.1) is 6.10 Å². The van der Waals surface area contributed by atoms with Crippen molar-refractivity contribution in [3.05, 3.63) is 33.7 Å². The predicted octanol–water partition coefficient (Wildman–Crippen LogP) is 0.939. The first-order chi connectivity index (χ1) is 8.30. The third-order valence-corrected chi connectivity index (χ3v) is 3.37. The first-order valence-electron chi connectivity index (χ1n) is 5.93. The highest BCUT2D eigenvalue weighted by Gasteiger charge is 2.33. The molecule has 0 amide bonds. The van der Waals surface area contributed by atoms with E-state index in [1.807, 2.05) is 13.8 Å². The Balaban J connectivity index is 2.58. The second-order valence-corrected chi connectivity index (χ2v) is 5.61. The summed E-state index contributed by atoms with van der Waals surface area (Å²) in [5.41, 5.74) is 0.852. The summed E-state index contributed by atoms with van der Waals surface area (Å²) in [6, 6.07) is 2.93. The monoisotopic (exact) mass is 251 g/mol. The molecule has 1 atom stereocenters. The maximum Gasteiger partial charge on any atom is 0.323 e. The molecule has 0 aromatic carbocycles. The molecule has 0 saturated carbocycles. The smallest absolute Gasteiger partial charge is 0.323 e. The van der Waals surface area contributed by atoms with Gasteiger partial charge in [0, 0.05) is 17.3 Å². The average molecular weight is 251 g/mol. The molecule has 18 heavy (non-hydrogen) atoms. The first kappa shape index (κ1) is 12.8. The molecule has 1 aliphatic rings. The van der Waals surface area contributed by atoms with Crippen LogP contribution in [0.2, 0.25) is 0 Å². The van der Waals surface area contributed by atoms with Gasteiger partial charge in [-0.25, -0.2) is 0 Å². The molecule has 1 aromatic rings. The van der Waals surface area contributed by atoms with Crippen LogP contribution in [0.15, 0.2) is 16.9 Å². The van der Waals surface area contributed by atoms with Gasteiger partial charge in [-0.05, 0) is 24.3 Å². The van der Waals surface area contributed by atoms with Gasteiger partial charge in [0.15, 0.2) is 0 Å². The van der Waals surface area contributed by atoms with Gasteiger partial charge < -0.3 is 14.8 Å². The summed E-state index contributed by atoms with van der Waals surface area (Å²) in [4.78, 5) is 22.6. The number of hydrogen-bond acceptors (Lipinski definition) is 3. The minimum Gasteiger partial charge on any atom is -0.480 e. The zero-order valence-corrected chi connectivity index (χ0v) is 10.5. The molecule has 1 heterocycles. The number of fused-ring (bicyclic) bond motifs is 1. The lowest BCUT2D eigenvalue weighted by Gasteiger charge is -2.35. The number of nitrogens with zero attached hydrogens (tertiary/aromatic N) is 1. The van der Waals surface area contributed by atoms with Crippen LogP contribution in [0.5, 0.6) is 0 Å². The zero-order valence-electron chi connectivity index (χ0n) is 10.5. The zero-order chi connectivity index (χ0) is 13.5. The summed E-state index contributed by atoms with van der Waals surface area (Å²) in [6.07, 6.45) is 0.581. The van der Waals surface area contributed by atoms with Crippen molar-refractivity contribution in [2.45, 2.75) is 39.3 Å². The van der Waals surface area contributed by atoms with E-state index in [-0.39, 0.29) is 17.5 Å². The van der Waals surface area contributed by atoms with E-state index in [4.69, 9.17) is 5.11 Å². The Morgan fingerprint density at radius 2 is 2.17 bits per heavy atom. The van der Waals surface area contributed by atoms with E-state index in [1.54, 1.807) is 6.07 Å². The predicted molar refractivity (Wildman–Crippen MR) is 65.4 cm³/mol. The minimum absolute atomic E-state index is 0.138. The number of carbonyl (C=O) groups is 1. The topological polar surface area (TPSA) is 79.5 Å². The molecule has 0 saturated heterocycles. The fourth-order valence-electron chi connectivity index (χ4n) is 2.60. The van der Waals surface area contributed by atoms with Gasteiger partial charge in [-0.15, -0.1) is 0 Å². The van der Waals surface area contributed by atoms with Crippen LogP contribution in [0.25, 0.3) is 0 Å². The number of carboxylic acid groups (broad SMARTS) is 1. The van der Waals surface area contributed by atoms with Crippen LogP contribution in [-0.4, -0.2) is 20.7 Å². The van der Waals surface area contributed by atoms with Crippen LogP contribution in [-0.2, 0) is 17.8 Å². The van der Waals surface area contributed by atoms with E-state index in [1.165, 1.54) is 10.6 Å². The second-order valence-electron chi connectivity index (χ2n) is 5.61. The summed E-state index contributed by atoms with van der Waals surface area (Å²) < 4.78 is 1.25. The average Bonchev–Trinajstić information content (AvgIpc) is 2.20. The van der Waals surface area contributed by atoms with E-state index in [0.29, 0.717) is 24.1 Å². The number of carboxylic acids is 1. The maximum atomic E-state index is 11.8. The molecule has 0 radical (unpaired) electrons. The quantitative estimate of drug-likeness (QED) is 0.819. The fraction of sp³-hybridized carbons (Fsp3) is 0.538. The van der Waals surface area contributed by atoms with Crippen molar-refractivity contribution < 1.29 is 15.0 Å². The Morgan fingerprint density at radius 1 is 1.50 bits per heavy atom. The Labute approximate surface area is 105 Å². The molecular weight excluding hydrogens is 234 g/mol. The third kappa shape index (κ3) is 2.31. The van der Waals surface area contributed by atoms with Gasteiger partial charge in [0.1, 0.15) is 6.54 Å². The summed E-state index contributed by atoms with van der Waals surface area (Å²) in [5, 5.41) is 19.0. The fourth-order valence-corrected chi connectivity index (χ4v) is 2.60. The molecule has 98 valence electrons. The minimum atomic E-state index is -1.05. The number of aliphatic carboxylic acids is 1. The van der Waals surface area contributed by atoms with Crippen molar-refractivity contribution in [2.75, 3.05) is 0 Å². The van der Waals surface area contributed by atoms with Crippen LogP contribution in [0.4, 0.5) is 0 Å². The largest absolute Gasteiger partial charge is 0.480 e. The van der Waals surface area contributed by atoms with Crippen LogP contribution < -0.4 is 5.56 Å². The van der Waals surface area contributed by atoms with Crippen molar-refractivity contribution >= 4 is 5.97 Å². The summed E-state index contributed by atoms with van der Waals surface area (Å²) in [7, 11) is 0. The first-order valence-corrected chi connectivity index (χ1v) is 5.93. The Kier molecular flexibility index (Phi) is 3.02. The van der Waals surface area contributed by atoms with Gasteiger partial charge in [0.2, 0.25) is 0 Å². The molecule has 2 N–H and O–H groups in total. The number of aromatic nitrogens is 1. The molecule has 1 unspecified atom stereocenters. The molecule has 0 fully saturated rings. The van der Waals surface area contributed by atoms with Crippen molar-refractivity contribution in [1.29, 1.82) is 0 Å². The lowest BCUT2D eigenvalue weighted by Crippen LogP contribution is -2.35. The molecule has 5 nitrogen and oxygen atoms in total. The van der Waals surface area contributed by atoms with Crippen molar-refractivity contribution in [3.63, 3.8) is 0 Å². The molecular formula is C13H17NO4. The van der Waals surface area contributed by atoms with E-state index in [9.17, 15) is 14.7 Å². The number of hydrogen-bond donors (Lipinski definition) is 2. The molecule has 1 aliphatic carbocycles. The summed E-state index contributed by atoms with van der Waals surface area (Å²) in [5.74, 6) is -1.05. The highest BCUT2D eigenvalue weighted by atomic mass is 16.4. The standard InChI is InChI=1S/C13H17NO4/c1-13(2)5-9-8(10(15)6-13)3-4-11(16)14(9)7-12(17)18/h3-4,10,15H,5-7H2,1-2H3,(H,17,18). The Bertz CT molecular complexity index is 544. The Morgan fingerprint density at radius 3 is 2.78 bits per heavy atom. The van der Waals surface area contributed by atoms with E-state index < -0.39 is 12.1 Å². The van der Waals surface area contributed by atoms with Gasteiger partial charge in [-0.3, -0.25) is 9.59 Å².